The van der Waals surface area contributed by atoms with Gasteiger partial charge in [0.15, 0.2) is 12.4 Å². The van der Waals surface area contributed by atoms with Crippen molar-refractivity contribution in [3.8, 4) is 0 Å². The molecule has 1 aliphatic heterocycles. The molecular weight excluding hydrogens is 541 g/mol. The number of aliphatic carboxylic acids is 3. The van der Waals surface area contributed by atoms with E-state index in [4.69, 9.17) is 19.9 Å². The number of carboxylic acid groups (broad SMARTS) is 3. The molecule has 2 aliphatic carbocycles. The number of amides is 1. The van der Waals surface area contributed by atoms with Crippen LogP contribution in [0, 0.1) is 0 Å². The van der Waals surface area contributed by atoms with Crippen LogP contribution in [0.1, 0.15) is 20.1 Å². The molecule has 4 rings (SSSR count). The number of fused-ring (bicyclic) bond motifs is 3. The predicted octanol–water partition coefficient (Wildman–Crippen LogP) is 0.989. The lowest BCUT2D eigenvalue weighted by Gasteiger charge is -2.43. The molecule has 1 aromatic rings. The highest BCUT2D eigenvalue weighted by Gasteiger charge is 2.60. The van der Waals surface area contributed by atoms with Crippen molar-refractivity contribution in [3.05, 3.63) is 56.3 Å². The summed E-state index contributed by atoms with van der Waals surface area (Å²) < 4.78 is 31.7. The Kier molecular flexibility index (Phi) is 8.51. The van der Waals surface area contributed by atoms with E-state index in [1.165, 1.54) is 23.5 Å². The summed E-state index contributed by atoms with van der Waals surface area (Å²) in [5.74, 6) is -6.40. The smallest absolute Gasteiger partial charge is 0.479 e. The Morgan fingerprint density at radius 1 is 1.16 bits per heavy atom. The van der Waals surface area contributed by atoms with Crippen LogP contribution in [0.5, 0.6) is 0 Å². The number of carbonyl (C=O) groups excluding carboxylic acids is 2. The number of Topliss-reactive ketones (excluding diaryl/α,β-unsaturated/α-hetero) is 1. The number of alkyl halides is 3. The minimum Gasteiger partial charge on any atom is -0.479 e. The molecule has 0 fully saturated rings. The summed E-state index contributed by atoms with van der Waals surface area (Å²) in [7, 11) is 0. The number of rotatable bonds is 9. The van der Waals surface area contributed by atoms with E-state index in [-0.39, 0.29) is 29.2 Å². The molecule has 0 spiro atoms. The van der Waals surface area contributed by atoms with Crippen LogP contribution < -0.4 is 10.6 Å². The van der Waals surface area contributed by atoms with Crippen molar-refractivity contribution < 1.29 is 62.2 Å². The van der Waals surface area contributed by atoms with Crippen molar-refractivity contribution in [2.45, 2.75) is 24.7 Å². The molecular formula is C22H19F3N2O10S. The number of thiophene rings is 1. The Bertz CT molecular complexity index is 1260. The number of carboxylic acids is 3. The third-order valence-corrected chi connectivity index (χ3v) is 6.62. The van der Waals surface area contributed by atoms with E-state index in [0.717, 1.165) is 23.4 Å². The van der Waals surface area contributed by atoms with Gasteiger partial charge in [0.05, 0.1) is 11.4 Å². The molecule has 1 unspecified atom stereocenters. The number of allylic oxidation sites excluding steroid dienone is 2. The zero-order chi connectivity index (χ0) is 28.3. The van der Waals surface area contributed by atoms with Crippen LogP contribution in [-0.2, 0) is 41.9 Å². The van der Waals surface area contributed by atoms with Gasteiger partial charge in [-0.3, -0.25) is 9.59 Å². The number of hydrogen-bond donors (Lipinski definition) is 5. The predicted molar refractivity (Wildman–Crippen MR) is 120 cm³/mol. The normalized spacial score (nSPS) is 19.3. The van der Waals surface area contributed by atoms with E-state index < -0.39 is 42.1 Å². The SMILES string of the molecule is O=C(O)C(F)(F)F.O=C(O)COOC1(C(=O)O)C2=CC=CC1=C2C(=O)CNC(=O)c1cc2c(s1)CCNC2. The Morgan fingerprint density at radius 3 is 2.37 bits per heavy atom. The molecule has 0 aromatic carbocycles. The van der Waals surface area contributed by atoms with Crippen LogP contribution in [0.25, 0.3) is 0 Å². The fourth-order valence-corrected chi connectivity index (χ4v) is 4.84. The third kappa shape index (κ3) is 5.83. The molecule has 0 radical (unpaired) electrons. The largest absolute Gasteiger partial charge is 0.490 e. The van der Waals surface area contributed by atoms with Gasteiger partial charge in [0.25, 0.3) is 11.5 Å². The van der Waals surface area contributed by atoms with Crippen LogP contribution >= 0.6 is 11.3 Å². The molecule has 0 saturated carbocycles. The Morgan fingerprint density at radius 2 is 1.84 bits per heavy atom. The number of hydrogen-bond acceptors (Lipinski definition) is 9. The zero-order valence-electron chi connectivity index (χ0n) is 19.1. The first kappa shape index (κ1) is 28.7. The average Bonchev–Trinajstić information content (AvgIpc) is 3.29. The minimum atomic E-state index is -5.08. The van der Waals surface area contributed by atoms with E-state index in [0.29, 0.717) is 11.4 Å². The lowest BCUT2D eigenvalue weighted by Crippen LogP contribution is -2.55. The van der Waals surface area contributed by atoms with Gasteiger partial charge in [-0.25, -0.2) is 24.2 Å². The van der Waals surface area contributed by atoms with Crippen LogP contribution in [-0.4, -0.2) is 76.4 Å². The summed E-state index contributed by atoms with van der Waals surface area (Å²) in [6.07, 6.45) is 0.0946. The summed E-state index contributed by atoms with van der Waals surface area (Å²) in [5, 5.41) is 31.3. The number of nitrogens with one attached hydrogen (secondary N) is 2. The van der Waals surface area contributed by atoms with Crippen molar-refractivity contribution in [1.82, 2.24) is 10.6 Å². The number of ketones is 1. The van der Waals surface area contributed by atoms with Crippen molar-refractivity contribution in [2.75, 3.05) is 19.7 Å². The van der Waals surface area contributed by atoms with Gasteiger partial charge in [-0.15, -0.1) is 11.3 Å². The van der Waals surface area contributed by atoms with E-state index in [1.807, 2.05) is 0 Å². The Labute approximate surface area is 215 Å². The Hall–Kier alpha value is -3.86. The van der Waals surface area contributed by atoms with Crippen molar-refractivity contribution in [2.24, 2.45) is 0 Å². The van der Waals surface area contributed by atoms with Crippen LogP contribution in [0.4, 0.5) is 13.2 Å². The lowest BCUT2D eigenvalue weighted by molar-refractivity contribution is -0.334. The molecule has 1 amide bonds. The molecule has 12 nitrogen and oxygen atoms in total. The highest BCUT2D eigenvalue weighted by Crippen LogP contribution is 2.50. The first-order valence-electron chi connectivity index (χ1n) is 10.6. The molecule has 2 bridgehead atoms. The summed E-state index contributed by atoms with van der Waals surface area (Å²) >= 11 is 1.39. The maximum absolute atomic E-state index is 12.7. The van der Waals surface area contributed by atoms with E-state index in [2.05, 4.69) is 15.5 Å². The molecule has 0 saturated heterocycles. The van der Waals surface area contributed by atoms with Gasteiger partial charge < -0.3 is 26.0 Å². The number of carbonyl (C=O) groups is 5. The lowest BCUT2D eigenvalue weighted by atomic mass is 9.64. The molecule has 3 aliphatic rings. The molecule has 1 aromatic heterocycles. The van der Waals surface area contributed by atoms with E-state index in [9.17, 15) is 37.5 Å². The standard InChI is InChI=1S/C20H18N2O8S.C2HF3O2/c23-13(8-22-18(26)15-6-10-7-21-5-4-14(10)31-15)17-11-2-1-3-12(17)20(11,19(27)28)30-29-9-16(24)25;3-2(4,5)1(6)7/h1-3,6,21H,4-5,7-9H2,(H,22,26)(H,24,25)(H,27,28);(H,6,7). The first-order valence-corrected chi connectivity index (χ1v) is 11.4. The highest BCUT2D eigenvalue weighted by atomic mass is 32.1. The molecule has 38 heavy (non-hydrogen) atoms. The number of halogens is 3. The second-order valence-electron chi connectivity index (χ2n) is 7.85. The summed E-state index contributed by atoms with van der Waals surface area (Å²) in [5.41, 5.74) is -0.802. The second-order valence-corrected chi connectivity index (χ2v) is 8.99. The Balaban J connectivity index is 0.000000505. The van der Waals surface area contributed by atoms with Crippen LogP contribution in [0.15, 0.2) is 41.0 Å². The third-order valence-electron chi connectivity index (χ3n) is 5.39. The second kappa shape index (κ2) is 11.3. The quantitative estimate of drug-likeness (QED) is 0.214. The van der Waals surface area contributed by atoms with Gasteiger partial charge in [0, 0.05) is 34.7 Å². The van der Waals surface area contributed by atoms with Gasteiger partial charge in [-0.2, -0.15) is 13.2 Å². The molecule has 2 heterocycles. The molecule has 1 atom stereocenters. The van der Waals surface area contributed by atoms with Crippen molar-refractivity contribution in [1.29, 1.82) is 0 Å². The summed E-state index contributed by atoms with van der Waals surface area (Å²) in [4.78, 5) is 67.7. The van der Waals surface area contributed by atoms with Gasteiger partial charge >= 0.3 is 24.1 Å². The van der Waals surface area contributed by atoms with Gasteiger partial charge in [0.1, 0.15) is 0 Å². The van der Waals surface area contributed by atoms with Crippen molar-refractivity contribution in [3.63, 3.8) is 0 Å². The topological polar surface area (TPSA) is 189 Å². The van der Waals surface area contributed by atoms with Crippen molar-refractivity contribution >= 4 is 40.9 Å². The fraction of sp³-hybridized carbons (Fsp3) is 0.318. The molecule has 204 valence electrons. The first-order chi connectivity index (χ1) is 17.8. The summed E-state index contributed by atoms with van der Waals surface area (Å²) in [6.45, 7) is 0.375. The van der Waals surface area contributed by atoms with Crippen LogP contribution in [0.3, 0.4) is 0 Å². The summed E-state index contributed by atoms with van der Waals surface area (Å²) in [6, 6.07) is 1.81. The zero-order valence-corrected chi connectivity index (χ0v) is 19.9. The van der Waals surface area contributed by atoms with Crippen LogP contribution in [0.2, 0.25) is 0 Å². The molecule has 5 N–H and O–H groups in total. The van der Waals surface area contributed by atoms with Gasteiger partial charge in [-0.05, 0) is 18.1 Å². The van der Waals surface area contributed by atoms with Gasteiger partial charge in [0.2, 0.25) is 0 Å². The fourth-order valence-electron chi connectivity index (χ4n) is 3.75. The monoisotopic (exact) mass is 560 g/mol. The van der Waals surface area contributed by atoms with E-state index >= 15 is 0 Å². The average molecular weight is 560 g/mol. The molecule has 16 heteroatoms. The maximum atomic E-state index is 12.7. The highest BCUT2D eigenvalue weighted by molar-refractivity contribution is 7.14. The minimum absolute atomic E-state index is 0.0415. The maximum Gasteiger partial charge on any atom is 0.490 e. The van der Waals surface area contributed by atoms with Gasteiger partial charge in [-0.1, -0.05) is 18.2 Å². The van der Waals surface area contributed by atoms with E-state index in [1.54, 1.807) is 12.1 Å².